The van der Waals surface area contributed by atoms with Crippen LogP contribution in [0.3, 0.4) is 0 Å². The van der Waals surface area contributed by atoms with Crippen LogP contribution in [0.2, 0.25) is 0 Å². The van der Waals surface area contributed by atoms with E-state index in [0.717, 1.165) is 17.1 Å². The van der Waals surface area contributed by atoms with Crippen molar-refractivity contribution in [1.29, 1.82) is 0 Å². The molecule has 1 fully saturated rings. The lowest BCUT2D eigenvalue weighted by Crippen LogP contribution is -2.71. The molecule has 3 N–H and O–H groups in total. The second-order valence-corrected chi connectivity index (χ2v) is 9.99. The molecule has 1 aromatic carbocycles. The van der Waals surface area contributed by atoms with Gasteiger partial charge in [0.15, 0.2) is 5.13 Å². The largest absolute Gasteiger partial charge is 0.497 e. The SMILES string of the molecule is CO/N=C(\C(=O)N[C@@H]1C(=O)N2C(C(=O)OCc3ccc(OC)cc3)=C(/C=C\CCl)CS[C@@H]12)c1nsc(N)n1. The smallest absolute Gasteiger partial charge is 0.355 e. The summed E-state index contributed by atoms with van der Waals surface area (Å²) in [6.45, 7) is -0.000549. The Hall–Kier alpha value is -3.62. The zero-order valence-electron chi connectivity index (χ0n) is 20.3. The fraction of sp³-hybridized carbons (Fsp3) is 0.304. The molecule has 38 heavy (non-hydrogen) atoms. The number of benzene rings is 1. The molecule has 2 atom stereocenters. The van der Waals surface area contributed by atoms with E-state index >= 15 is 0 Å². The van der Waals surface area contributed by atoms with Crippen LogP contribution < -0.4 is 15.8 Å². The summed E-state index contributed by atoms with van der Waals surface area (Å²) in [4.78, 5) is 49.4. The Morgan fingerprint density at radius 1 is 1.32 bits per heavy atom. The number of aromatic nitrogens is 2. The average molecular weight is 579 g/mol. The number of fused-ring (bicyclic) bond motifs is 1. The van der Waals surface area contributed by atoms with Crippen LogP contribution in [-0.4, -0.2) is 75.0 Å². The molecule has 2 aliphatic rings. The maximum atomic E-state index is 13.2. The fourth-order valence-electron chi connectivity index (χ4n) is 3.70. The second kappa shape index (κ2) is 12.3. The minimum absolute atomic E-state index is 0.000549. The Labute approximate surface area is 231 Å². The third kappa shape index (κ3) is 5.76. The predicted octanol–water partition coefficient (Wildman–Crippen LogP) is 1.67. The van der Waals surface area contributed by atoms with Gasteiger partial charge in [0.1, 0.15) is 36.6 Å². The first-order valence-corrected chi connectivity index (χ1v) is 13.5. The van der Waals surface area contributed by atoms with Crippen LogP contribution in [0.1, 0.15) is 11.4 Å². The van der Waals surface area contributed by atoms with Gasteiger partial charge in [-0.05, 0) is 23.3 Å². The van der Waals surface area contributed by atoms with Crippen molar-refractivity contribution >= 4 is 63.5 Å². The van der Waals surface area contributed by atoms with Crippen LogP contribution >= 0.6 is 34.9 Å². The number of thioether (sulfide) groups is 1. The number of oxime groups is 1. The van der Waals surface area contributed by atoms with Crippen LogP contribution in [0.4, 0.5) is 5.13 Å². The zero-order chi connectivity index (χ0) is 27.2. The number of rotatable bonds is 10. The van der Waals surface area contributed by atoms with Crippen LogP contribution in [0.5, 0.6) is 5.75 Å². The Morgan fingerprint density at radius 2 is 2.08 bits per heavy atom. The van der Waals surface area contributed by atoms with E-state index in [9.17, 15) is 14.4 Å². The van der Waals surface area contributed by atoms with E-state index in [1.807, 2.05) is 0 Å². The summed E-state index contributed by atoms with van der Waals surface area (Å²) in [6, 6.07) is 6.14. The number of amides is 2. The molecular formula is C23H23ClN6O6S2. The number of hydrogen-bond acceptors (Lipinski definition) is 12. The Kier molecular flexibility index (Phi) is 8.86. The summed E-state index contributed by atoms with van der Waals surface area (Å²) in [6.07, 6.45) is 3.37. The molecule has 0 radical (unpaired) electrons. The van der Waals surface area contributed by atoms with Gasteiger partial charge in [-0.25, -0.2) is 4.79 Å². The van der Waals surface area contributed by atoms with E-state index < -0.39 is 29.2 Å². The first-order chi connectivity index (χ1) is 18.4. The van der Waals surface area contributed by atoms with Gasteiger partial charge >= 0.3 is 5.97 Å². The standard InChI is InChI=1S/C23H23ClN6O6S2/c1-34-14-7-5-12(6-8-14)10-36-22(33)17-13(4-3-9-24)11-37-21-16(20(32)30(17)21)26-19(31)15(28-35-2)18-27-23(25)38-29-18/h3-8,16,21H,9-11H2,1-2H3,(H,26,31)(H2,25,27,29)/b4-3-,28-15-/t16-,21+/m1/s1. The molecule has 0 unspecified atom stereocenters. The number of nitrogen functional groups attached to an aromatic ring is 1. The van der Waals surface area contributed by atoms with Crippen LogP contribution in [0, 0.1) is 0 Å². The zero-order valence-corrected chi connectivity index (χ0v) is 22.6. The summed E-state index contributed by atoms with van der Waals surface area (Å²) in [5.74, 6) is -0.588. The number of ether oxygens (including phenoxy) is 2. The van der Waals surface area contributed by atoms with Crippen LogP contribution in [0.25, 0.3) is 0 Å². The highest BCUT2D eigenvalue weighted by molar-refractivity contribution is 8.00. The lowest BCUT2D eigenvalue weighted by molar-refractivity contribution is -0.153. The van der Waals surface area contributed by atoms with Crippen molar-refractivity contribution in [3.63, 3.8) is 0 Å². The van der Waals surface area contributed by atoms with Crippen molar-refractivity contribution in [2.75, 3.05) is 31.6 Å². The second-order valence-electron chi connectivity index (χ2n) is 7.79. The molecule has 3 heterocycles. The molecule has 2 aliphatic heterocycles. The summed E-state index contributed by atoms with van der Waals surface area (Å²) in [7, 11) is 2.83. The molecule has 2 amide bonds. The van der Waals surface area contributed by atoms with Gasteiger partial charge in [-0.3, -0.25) is 14.5 Å². The highest BCUT2D eigenvalue weighted by atomic mass is 35.5. The number of nitrogens with zero attached hydrogens (tertiary/aromatic N) is 4. The van der Waals surface area contributed by atoms with Crippen LogP contribution in [-0.2, 0) is 30.6 Å². The molecular weight excluding hydrogens is 556 g/mol. The number of nitrogens with one attached hydrogen (secondary N) is 1. The van der Waals surface area contributed by atoms with Crippen molar-refractivity contribution in [2.24, 2.45) is 5.16 Å². The summed E-state index contributed by atoms with van der Waals surface area (Å²) in [5, 5.41) is 5.93. The van der Waals surface area contributed by atoms with Gasteiger partial charge in [0.05, 0.1) is 7.11 Å². The van der Waals surface area contributed by atoms with Crippen molar-refractivity contribution in [2.45, 2.75) is 18.0 Å². The number of alkyl halides is 1. The maximum Gasteiger partial charge on any atom is 0.355 e. The first-order valence-electron chi connectivity index (χ1n) is 11.1. The summed E-state index contributed by atoms with van der Waals surface area (Å²) in [5.41, 5.74) is 6.83. The maximum absolute atomic E-state index is 13.2. The highest BCUT2D eigenvalue weighted by Gasteiger charge is 2.54. The molecule has 4 rings (SSSR count). The quantitative estimate of drug-likeness (QED) is 0.140. The molecule has 0 aliphatic carbocycles. The predicted molar refractivity (Wildman–Crippen MR) is 143 cm³/mol. The molecule has 15 heteroatoms. The molecule has 12 nitrogen and oxygen atoms in total. The first kappa shape index (κ1) is 27.4. The Balaban J connectivity index is 1.50. The minimum Gasteiger partial charge on any atom is -0.497 e. The van der Waals surface area contributed by atoms with E-state index in [1.54, 1.807) is 43.5 Å². The molecule has 200 valence electrons. The monoisotopic (exact) mass is 578 g/mol. The number of carbonyl (C=O) groups is 3. The van der Waals surface area contributed by atoms with Gasteiger partial charge in [-0.15, -0.1) is 23.4 Å². The molecule has 1 saturated heterocycles. The number of carbonyl (C=O) groups excluding carboxylic acids is 3. The third-order valence-electron chi connectivity index (χ3n) is 5.47. The number of hydrogen-bond donors (Lipinski definition) is 2. The summed E-state index contributed by atoms with van der Waals surface area (Å²) < 4.78 is 14.7. The third-order valence-corrected chi connectivity index (χ3v) is 7.49. The van der Waals surface area contributed by atoms with E-state index in [2.05, 4.69) is 19.8 Å². The Bertz CT molecular complexity index is 1310. The molecule has 1 aromatic heterocycles. The fourth-order valence-corrected chi connectivity index (χ4v) is 5.54. The Morgan fingerprint density at radius 3 is 2.71 bits per heavy atom. The number of anilines is 1. The van der Waals surface area contributed by atoms with E-state index in [-0.39, 0.29) is 34.9 Å². The van der Waals surface area contributed by atoms with Gasteiger partial charge in [-0.2, -0.15) is 9.36 Å². The minimum atomic E-state index is -0.923. The van der Waals surface area contributed by atoms with E-state index in [1.165, 1.54) is 23.8 Å². The number of esters is 1. The van der Waals surface area contributed by atoms with Gasteiger partial charge in [0.2, 0.25) is 11.5 Å². The van der Waals surface area contributed by atoms with Gasteiger partial charge in [0.25, 0.3) is 11.8 Å². The van der Waals surface area contributed by atoms with Crippen molar-refractivity contribution < 1.29 is 28.7 Å². The van der Waals surface area contributed by atoms with Crippen molar-refractivity contribution in [3.8, 4) is 5.75 Å². The molecule has 0 spiro atoms. The average Bonchev–Trinajstić information content (AvgIpc) is 3.37. The van der Waals surface area contributed by atoms with Gasteiger partial charge in [-0.1, -0.05) is 29.4 Å². The number of nitrogens with two attached hydrogens (primary N) is 1. The number of halogens is 1. The van der Waals surface area contributed by atoms with E-state index in [0.29, 0.717) is 17.1 Å². The lowest BCUT2D eigenvalue weighted by atomic mass is 10.0. The summed E-state index contributed by atoms with van der Waals surface area (Å²) >= 11 is 8.08. The van der Waals surface area contributed by atoms with Gasteiger partial charge in [0, 0.05) is 23.2 Å². The normalized spacial score (nSPS) is 19.2. The highest BCUT2D eigenvalue weighted by Crippen LogP contribution is 2.41. The number of β-lactam (4-membered cyclic amide) rings is 1. The van der Waals surface area contributed by atoms with Gasteiger partial charge < -0.3 is 25.4 Å². The molecule has 0 saturated carbocycles. The molecule has 0 bridgehead atoms. The van der Waals surface area contributed by atoms with Crippen molar-refractivity contribution in [1.82, 2.24) is 19.6 Å². The molecule has 2 aromatic rings. The topological polar surface area (TPSA) is 158 Å². The number of allylic oxidation sites excluding steroid dienone is 2. The van der Waals surface area contributed by atoms with Crippen LogP contribution in [0.15, 0.2) is 52.8 Å². The van der Waals surface area contributed by atoms with Crippen molar-refractivity contribution in [3.05, 3.63) is 59.1 Å². The lowest BCUT2D eigenvalue weighted by Gasteiger charge is -2.49. The number of methoxy groups -OCH3 is 1. The van der Waals surface area contributed by atoms with E-state index in [4.69, 9.17) is 31.6 Å².